The first-order chi connectivity index (χ1) is 13.7. The molecule has 1 saturated carbocycles. The molecule has 0 unspecified atom stereocenters. The van der Waals surface area contributed by atoms with Crippen molar-refractivity contribution < 1.29 is 13.8 Å². The van der Waals surface area contributed by atoms with Crippen molar-refractivity contribution in [3.8, 4) is 5.75 Å². The summed E-state index contributed by atoms with van der Waals surface area (Å²) < 4.78 is 10.0. The first-order valence-electron chi connectivity index (χ1n) is 10.6. The highest BCUT2D eigenvalue weighted by molar-refractivity contribution is 6.13. The lowest BCUT2D eigenvalue weighted by atomic mass is 9.86. The van der Waals surface area contributed by atoms with Gasteiger partial charge in [0, 0.05) is 13.1 Å². The Kier molecular flexibility index (Phi) is 11.1. The van der Waals surface area contributed by atoms with E-state index in [9.17, 15) is 4.79 Å². The molecule has 1 aromatic carbocycles. The lowest BCUT2D eigenvalue weighted by Gasteiger charge is -2.21. The maximum atomic E-state index is 10.9. The molecule has 28 heavy (non-hydrogen) atoms. The minimum atomic E-state index is -0.418. The Morgan fingerprint density at radius 3 is 2.82 bits per heavy atom. The van der Waals surface area contributed by atoms with Gasteiger partial charge in [-0.25, -0.2) is 0 Å². The number of hydrogen-bond donors (Lipinski definition) is 1. The molecule has 156 valence electrons. The Bertz CT molecular complexity index is 612. The van der Waals surface area contributed by atoms with Gasteiger partial charge in [-0.2, -0.15) is 0 Å². The van der Waals surface area contributed by atoms with Crippen LogP contribution in [0.4, 0.5) is 0 Å². The standard InChI is InChI=1S/C23H34ClNO3/c1-19-18-22(27-17-6-5-10-20-8-3-2-4-9-20)13-12-21(19)11-7-15-25-16-14-23(26)28-24/h7,11-13,18,20,25H,2-6,8-10,14-17H2,1H3/b11-7+. The predicted molar refractivity (Wildman–Crippen MR) is 116 cm³/mol. The van der Waals surface area contributed by atoms with Crippen molar-refractivity contribution in [2.24, 2.45) is 5.92 Å². The number of carbonyl (C=O) groups is 1. The van der Waals surface area contributed by atoms with Gasteiger partial charge >= 0.3 is 5.97 Å². The zero-order chi connectivity index (χ0) is 20.0. The van der Waals surface area contributed by atoms with Gasteiger partial charge in [0.1, 0.15) is 17.6 Å². The molecule has 1 aromatic rings. The van der Waals surface area contributed by atoms with Crippen LogP contribution in [0.15, 0.2) is 24.3 Å². The molecule has 0 aliphatic heterocycles. The number of aryl methyl sites for hydroxylation is 1. The Balaban J connectivity index is 1.61. The van der Waals surface area contributed by atoms with Crippen LogP contribution in [-0.4, -0.2) is 25.7 Å². The van der Waals surface area contributed by atoms with E-state index in [1.807, 2.05) is 12.1 Å². The van der Waals surface area contributed by atoms with E-state index >= 15 is 0 Å². The topological polar surface area (TPSA) is 47.6 Å². The van der Waals surface area contributed by atoms with Crippen molar-refractivity contribution in [3.63, 3.8) is 0 Å². The van der Waals surface area contributed by atoms with E-state index in [0.717, 1.165) is 24.7 Å². The SMILES string of the molecule is Cc1cc(OCCCCC2CCCCC2)ccc1/C=C/CNCCC(=O)OCl. The average molecular weight is 408 g/mol. The smallest absolute Gasteiger partial charge is 0.326 e. The highest BCUT2D eigenvalue weighted by Crippen LogP contribution is 2.27. The van der Waals surface area contributed by atoms with Crippen LogP contribution in [0.3, 0.4) is 0 Å². The molecule has 0 spiro atoms. The van der Waals surface area contributed by atoms with Crippen LogP contribution in [-0.2, 0) is 9.08 Å². The quantitative estimate of drug-likeness (QED) is 0.444. The second kappa shape index (κ2) is 13.6. The van der Waals surface area contributed by atoms with E-state index in [0.29, 0.717) is 13.1 Å². The summed E-state index contributed by atoms with van der Waals surface area (Å²) in [6, 6.07) is 6.23. The number of halogens is 1. The van der Waals surface area contributed by atoms with Crippen molar-refractivity contribution in [3.05, 3.63) is 35.4 Å². The molecule has 1 aliphatic rings. The Morgan fingerprint density at radius 1 is 1.25 bits per heavy atom. The number of hydrogen-bond acceptors (Lipinski definition) is 4. The molecule has 1 fully saturated rings. The fraction of sp³-hybridized carbons (Fsp3) is 0.609. The summed E-state index contributed by atoms with van der Waals surface area (Å²) in [4.78, 5) is 10.9. The normalized spacial score (nSPS) is 15.1. The van der Waals surface area contributed by atoms with Crippen LogP contribution in [0.2, 0.25) is 0 Å². The molecule has 4 nitrogen and oxygen atoms in total. The van der Waals surface area contributed by atoms with Crippen LogP contribution in [0.5, 0.6) is 5.75 Å². The van der Waals surface area contributed by atoms with Crippen LogP contribution in [0.25, 0.3) is 6.08 Å². The number of ether oxygens (including phenoxy) is 1. The fourth-order valence-corrected chi connectivity index (χ4v) is 3.80. The number of rotatable bonds is 12. The zero-order valence-electron chi connectivity index (χ0n) is 17.1. The van der Waals surface area contributed by atoms with Crippen molar-refractivity contribution in [2.45, 2.75) is 64.7 Å². The summed E-state index contributed by atoms with van der Waals surface area (Å²) in [6.07, 6.45) is 15.3. The Morgan fingerprint density at radius 2 is 2.07 bits per heavy atom. The molecule has 0 atom stereocenters. The van der Waals surface area contributed by atoms with Gasteiger partial charge in [0.15, 0.2) is 0 Å². The first-order valence-corrected chi connectivity index (χ1v) is 10.9. The molecule has 0 radical (unpaired) electrons. The van der Waals surface area contributed by atoms with Crippen molar-refractivity contribution in [2.75, 3.05) is 19.7 Å². The molecular formula is C23H34ClNO3. The summed E-state index contributed by atoms with van der Waals surface area (Å²) in [5.74, 6) is 1.49. The van der Waals surface area contributed by atoms with Crippen LogP contribution in [0.1, 0.15) is 68.9 Å². The fourth-order valence-electron chi connectivity index (χ4n) is 3.73. The molecule has 0 aromatic heterocycles. The second-order valence-electron chi connectivity index (χ2n) is 7.67. The lowest BCUT2D eigenvalue weighted by Crippen LogP contribution is -2.18. The second-order valence-corrected chi connectivity index (χ2v) is 7.83. The van der Waals surface area contributed by atoms with Crippen LogP contribution >= 0.6 is 11.9 Å². The molecule has 0 heterocycles. The highest BCUT2D eigenvalue weighted by atomic mass is 35.5. The van der Waals surface area contributed by atoms with Gasteiger partial charge < -0.3 is 14.3 Å². The maximum absolute atomic E-state index is 10.9. The number of carbonyl (C=O) groups excluding carboxylic acids is 1. The maximum Gasteiger partial charge on any atom is 0.326 e. The molecule has 0 saturated heterocycles. The third kappa shape index (κ3) is 9.11. The van der Waals surface area contributed by atoms with E-state index in [1.165, 1.54) is 56.1 Å². The third-order valence-electron chi connectivity index (χ3n) is 5.39. The summed E-state index contributed by atoms with van der Waals surface area (Å²) in [7, 11) is 0. The van der Waals surface area contributed by atoms with Crippen molar-refractivity contribution >= 4 is 23.9 Å². The lowest BCUT2D eigenvalue weighted by molar-refractivity contribution is -0.133. The van der Waals surface area contributed by atoms with Gasteiger partial charge in [0.2, 0.25) is 0 Å². The largest absolute Gasteiger partial charge is 0.494 e. The molecule has 1 N–H and O–H groups in total. The molecular weight excluding hydrogens is 374 g/mol. The van der Waals surface area contributed by atoms with Gasteiger partial charge in [-0.3, -0.25) is 4.79 Å². The summed E-state index contributed by atoms with van der Waals surface area (Å²) >= 11 is 4.98. The van der Waals surface area contributed by atoms with Gasteiger partial charge in [-0.05, 0) is 48.9 Å². The summed E-state index contributed by atoms with van der Waals surface area (Å²) in [6.45, 7) is 4.13. The predicted octanol–water partition coefficient (Wildman–Crippen LogP) is 5.81. The highest BCUT2D eigenvalue weighted by Gasteiger charge is 2.12. The van der Waals surface area contributed by atoms with Crippen LogP contribution < -0.4 is 10.1 Å². The monoisotopic (exact) mass is 407 g/mol. The third-order valence-corrected chi connectivity index (χ3v) is 5.57. The summed E-state index contributed by atoms with van der Waals surface area (Å²) in [5, 5.41) is 3.14. The van der Waals surface area contributed by atoms with Crippen LogP contribution in [0, 0.1) is 12.8 Å². The van der Waals surface area contributed by atoms with E-state index in [4.69, 9.17) is 16.6 Å². The minimum absolute atomic E-state index is 0.267. The Labute approximate surface area is 174 Å². The van der Waals surface area contributed by atoms with Gasteiger partial charge in [-0.1, -0.05) is 56.7 Å². The van der Waals surface area contributed by atoms with E-state index < -0.39 is 5.97 Å². The summed E-state index contributed by atoms with van der Waals surface area (Å²) in [5.41, 5.74) is 2.37. The Hall–Kier alpha value is -1.52. The first kappa shape index (κ1) is 22.8. The molecule has 0 bridgehead atoms. The number of unbranched alkanes of at least 4 members (excludes halogenated alkanes) is 1. The number of benzene rings is 1. The van der Waals surface area contributed by atoms with E-state index in [2.05, 4.69) is 34.7 Å². The minimum Gasteiger partial charge on any atom is -0.494 e. The molecule has 1 aliphatic carbocycles. The van der Waals surface area contributed by atoms with Gasteiger partial charge in [0.25, 0.3) is 0 Å². The van der Waals surface area contributed by atoms with E-state index in [-0.39, 0.29) is 6.42 Å². The zero-order valence-corrected chi connectivity index (χ0v) is 17.8. The van der Waals surface area contributed by atoms with Crippen molar-refractivity contribution in [1.29, 1.82) is 0 Å². The van der Waals surface area contributed by atoms with E-state index in [1.54, 1.807) is 0 Å². The molecule has 5 heteroatoms. The number of nitrogens with one attached hydrogen (secondary N) is 1. The molecule has 0 amide bonds. The van der Waals surface area contributed by atoms with Gasteiger partial charge in [0.05, 0.1) is 13.0 Å². The molecule has 2 rings (SSSR count). The van der Waals surface area contributed by atoms with Gasteiger partial charge in [-0.15, -0.1) is 0 Å². The average Bonchev–Trinajstić information content (AvgIpc) is 2.72. The van der Waals surface area contributed by atoms with Crippen molar-refractivity contribution in [1.82, 2.24) is 5.32 Å².